The number of amides is 2. The van der Waals surface area contributed by atoms with Gasteiger partial charge in [0, 0.05) is 10.6 Å². The van der Waals surface area contributed by atoms with Crippen molar-refractivity contribution < 1.29 is 14.3 Å². The lowest BCUT2D eigenvalue weighted by Crippen LogP contribution is -2.20. The van der Waals surface area contributed by atoms with Crippen molar-refractivity contribution in [1.29, 1.82) is 0 Å². The molecule has 0 unspecified atom stereocenters. The summed E-state index contributed by atoms with van der Waals surface area (Å²) in [7, 11) is 0. The highest BCUT2D eigenvalue weighted by Gasteiger charge is 2.08. The largest absolute Gasteiger partial charge is 0.484 e. The van der Waals surface area contributed by atoms with Crippen LogP contribution in [0.4, 0.5) is 5.69 Å². The molecule has 1 heterocycles. The molecule has 0 fully saturated rings. The second kappa shape index (κ2) is 6.21. The quantitative estimate of drug-likeness (QED) is 0.885. The summed E-state index contributed by atoms with van der Waals surface area (Å²) in [6.07, 6.45) is 0. The summed E-state index contributed by atoms with van der Waals surface area (Å²) in [5.41, 5.74) is 5.64. The second-order valence-corrected chi connectivity index (χ2v) is 5.43. The van der Waals surface area contributed by atoms with Gasteiger partial charge in [-0.15, -0.1) is 11.3 Å². The van der Waals surface area contributed by atoms with Gasteiger partial charge < -0.3 is 15.8 Å². The Morgan fingerprint density at radius 1 is 1.20 bits per heavy atom. The number of rotatable bonds is 5. The molecular formula is C14H14N2O3S. The molecule has 20 heavy (non-hydrogen) atoms. The SMILES string of the molecule is Cc1ccc(C(=O)Nc2ccc(OCC(N)=O)cc2)s1. The first-order valence-electron chi connectivity index (χ1n) is 5.93. The van der Waals surface area contributed by atoms with Gasteiger partial charge in [0.05, 0.1) is 4.88 Å². The predicted octanol–water partition coefficient (Wildman–Crippen LogP) is 2.17. The van der Waals surface area contributed by atoms with Crippen molar-refractivity contribution in [3.63, 3.8) is 0 Å². The Hall–Kier alpha value is -2.34. The molecule has 0 saturated carbocycles. The zero-order valence-corrected chi connectivity index (χ0v) is 11.7. The van der Waals surface area contributed by atoms with E-state index in [4.69, 9.17) is 10.5 Å². The summed E-state index contributed by atoms with van der Waals surface area (Å²) >= 11 is 1.44. The number of hydrogen-bond donors (Lipinski definition) is 2. The fourth-order valence-electron chi connectivity index (χ4n) is 1.54. The summed E-state index contributed by atoms with van der Waals surface area (Å²) in [6.45, 7) is 1.78. The van der Waals surface area contributed by atoms with Gasteiger partial charge in [-0.3, -0.25) is 9.59 Å². The van der Waals surface area contributed by atoms with Gasteiger partial charge in [0.1, 0.15) is 5.75 Å². The van der Waals surface area contributed by atoms with Gasteiger partial charge in [-0.2, -0.15) is 0 Å². The fourth-order valence-corrected chi connectivity index (χ4v) is 2.30. The topological polar surface area (TPSA) is 81.4 Å². The van der Waals surface area contributed by atoms with Crippen molar-refractivity contribution in [3.05, 3.63) is 46.2 Å². The molecule has 1 aromatic heterocycles. The molecule has 3 N–H and O–H groups in total. The van der Waals surface area contributed by atoms with Gasteiger partial charge in [-0.1, -0.05) is 0 Å². The Morgan fingerprint density at radius 3 is 2.45 bits per heavy atom. The molecule has 0 bridgehead atoms. The maximum Gasteiger partial charge on any atom is 0.265 e. The van der Waals surface area contributed by atoms with E-state index in [9.17, 15) is 9.59 Å². The van der Waals surface area contributed by atoms with Crippen LogP contribution >= 0.6 is 11.3 Å². The fraction of sp³-hybridized carbons (Fsp3) is 0.143. The summed E-state index contributed by atoms with van der Waals surface area (Å²) in [6, 6.07) is 10.4. The van der Waals surface area contributed by atoms with Crippen LogP contribution in [0.1, 0.15) is 14.5 Å². The van der Waals surface area contributed by atoms with Crippen molar-refractivity contribution in [3.8, 4) is 5.75 Å². The van der Waals surface area contributed by atoms with Gasteiger partial charge in [0.15, 0.2) is 6.61 Å². The van der Waals surface area contributed by atoms with Crippen LogP contribution in [0.15, 0.2) is 36.4 Å². The van der Waals surface area contributed by atoms with Crippen molar-refractivity contribution >= 4 is 28.8 Å². The van der Waals surface area contributed by atoms with Gasteiger partial charge in [-0.25, -0.2) is 0 Å². The van der Waals surface area contributed by atoms with E-state index < -0.39 is 5.91 Å². The summed E-state index contributed by atoms with van der Waals surface area (Å²) in [5, 5.41) is 2.79. The van der Waals surface area contributed by atoms with E-state index in [2.05, 4.69) is 5.32 Å². The van der Waals surface area contributed by atoms with Gasteiger partial charge in [-0.05, 0) is 43.3 Å². The van der Waals surface area contributed by atoms with Gasteiger partial charge in [0.25, 0.3) is 11.8 Å². The Balaban J connectivity index is 1.96. The highest BCUT2D eigenvalue weighted by molar-refractivity contribution is 7.14. The molecule has 0 radical (unpaired) electrons. The molecule has 0 saturated heterocycles. The lowest BCUT2D eigenvalue weighted by Gasteiger charge is -2.06. The Labute approximate surface area is 120 Å². The van der Waals surface area contributed by atoms with E-state index in [1.165, 1.54) is 11.3 Å². The van der Waals surface area contributed by atoms with E-state index in [1.54, 1.807) is 30.3 Å². The van der Waals surface area contributed by atoms with Crippen molar-refractivity contribution in [2.24, 2.45) is 5.73 Å². The highest BCUT2D eigenvalue weighted by atomic mass is 32.1. The standard InChI is InChI=1S/C14H14N2O3S/c1-9-2-7-12(20-9)14(18)16-10-3-5-11(6-4-10)19-8-13(15)17/h2-7H,8H2,1H3,(H2,15,17)(H,16,18). The Bertz CT molecular complexity index is 620. The molecule has 2 aromatic rings. The average Bonchev–Trinajstić information content (AvgIpc) is 2.85. The highest BCUT2D eigenvalue weighted by Crippen LogP contribution is 2.19. The smallest absolute Gasteiger partial charge is 0.265 e. The van der Waals surface area contributed by atoms with Crippen LogP contribution in [0, 0.1) is 6.92 Å². The normalized spacial score (nSPS) is 10.1. The minimum atomic E-state index is -0.532. The molecule has 0 aliphatic carbocycles. The van der Waals surface area contributed by atoms with Gasteiger partial charge in [0.2, 0.25) is 0 Å². The van der Waals surface area contributed by atoms with Crippen LogP contribution < -0.4 is 15.8 Å². The third-order valence-electron chi connectivity index (χ3n) is 2.46. The number of nitrogens with two attached hydrogens (primary N) is 1. The minimum absolute atomic E-state index is 0.145. The molecule has 1 aromatic carbocycles. The van der Waals surface area contributed by atoms with E-state index in [0.717, 1.165) is 4.88 Å². The van der Waals surface area contributed by atoms with E-state index in [0.29, 0.717) is 16.3 Å². The number of nitrogens with one attached hydrogen (secondary N) is 1. The van der Waals surface area contributed by atoms with E-state index >= 15 is 0 Å². The van der Waals surface area contributed by atoms with Crippen molar-refractivity contribution in [2.75, 3.05) is 11.9 Å². The summed E-state index contributed by atoms with van der Waals surface area (Å²) in [5.74, 6) is -0.155. The average molecular weight is 290 g/mol. The molecular weight excluding hydrogens is 276 g/mol. The van der Waals surface area contributed by atoms with Crippen LogP contribution in [-0.4, -0.2) is 18.4 Å². The molecule has 2 rings (SSSR count). The molecule has 0 atom stereocenters. The number of carbonyl (C=O) groups is 2. The molecule has 0 aliphatic rings. The monoisotopic (exact) mass is 290 g/mol. The molecule has 6 heteroatoms. The number of benzene rings is 1. The number of primary amides is 1. The predicted molar refractivity (Wildman–Crippen MR) is 78.1 cm³/mol. The van der Waals surface area contributed by atoms with Crippen LogP contribution in [0.25, 0.3) is 0 Å². The number of thiophene rings is 1. The number of carbonyl (C=O) groups excluding carboxylic acids is 2. The van der Waals surface area contributed by atoms with Crippen LogP contribution in [0.3, 0.4) is 0 Å². The van der Waals surface area contributed by atoms with Crippen molar-refractivity contribution in [2.45, 2.75) is 6.92 Å². The van der Waals surface area contributed by atoms with E-state index in [1.807, 2.05) is 13.0 Å². The molecule has 2 amide bonds. The molecule has 0 spiro atoms. The summed E-state index contributed by atoms with van der Waals surface area (Å²) < 4.78 is 5.13. The lowest BCUT2D eigenvalue weighted by molar-refractivity contribution is -0.119. The third-order valence-corrected chi connectivity index (χ3v) is 3.46. The first-order chi connectivity index (χ1) is 9.54. The number of hydrogen-bond acceptors (Lipinski definition) is 4. The maximum absolute atomic E-state index is 11.9. The first-order valence-corrected chi connectivity index (χ1v) is 6.75. The van der Waals surface area contributed by atoms with Gasteiger partial charge >= 0.3 is 0 Å². The molecule has 0 aliphatic heterocycles. The zero-order valence-electron chi connectivity index (χ0n) is 10.9. The Kier molecular flexibility index (Phi) is 4.37. The molecule has 104 valence electrons. The third kappa shape index (κ3) is 3.83. The summed E-state index contributed by atoms with van der Waals surface area (Å²) in [4.78, 5) is 24.3. The van der Waals surface area contributed by atoms with Crippen LogP contribution in [-0.2, 0) is 4.79 Å². The first kappa shape index (κ1) is 14.1. The minimum Gasteiger partial charge on any atom is -0.484 e. The lowest BCUT2D eigenvalue weighted by atomic mass is 10.3. The number of ether oxygens (including phenoxy) is 1. The Morgan fingerprint density at radius 2 is 1.90 bits per heavy atom. The van der Waals surface area contributed by atoms with Crippen molar-refractivity contribution in [1.82, 2.24) is 0 Å². The second-order valence-electron chi connectivity index (χ2n) is 4.14. The van der Waals surface area contributed by atoms with E-state index in [-0.39, 0.29) is 12.5 Å². The molecule has 5 nitrogen and oxygen atoms in total. The van der Waals surface area contributed by atoms with Crippen LogP contribution in [0.2, 0.25) is 0 Å². The maximum atomic E-state index is 11.9. The van der Waals surface area contributed by atoms with Crippen LogP contribution in [0.5, 0.6) is 5.75 Å². The number of anilines is 1. The zero-order chi connectivity index (χ0) is 14.5. The number of aryl methyl sites for hydroxylation is 1.